The van der Waals surface area contributed by atoms with Gasteiger partial charge < -0.3 is 14.8 Å². The van der Waals surface area contributed by atoms with Gasteiger partial charge in [0, 0.05) is 23.0 Å². The van der Waals surface area contributed by atoms with Gasteiger partial charge in [0.15, 0.2) is 0 Å². The number of aromatic amines is 1. The minimum absolute atomic E-state index is 0.179. The van der Waals surface area contributed by atoms with E-state index in [2.05, 4.69) is 9.72 Å². The Morgan fingerprint density at radius 3 is 2.94 bits per heavy atom. The zero-order chi connectivity index (χ0) is 12.4. The Hall–Kier alpha value is -1.97. The van der Waals surface area contributed by atoms with Crippen molar-refractivity contribution in [2.75, 3.05) is 7.11 Å². The predicted molar refractivity (Wildman–Crippen MR) is 64.8 cm³/mol. The van der Waals surface area contributed by atoms with Gasteiger partial charge in [-0.15, -0.1) is 0 Å². The van der Waals surface area contributed by atoms with Crippen molar-refractivity contribution in [3.05, 3.63) is 30.0 Å². The number of rotatable bonds is 3. The van der Waals surface area contributed by atoms with E-state index in [9.17, 15) is 9.90 Å². The Labute approximate surface area is 99.2 Å². The molecule has 1 heterocycles. The van der Waals surface area contributed by atoms with Crippen LogP contribution >= 0.6 is 0 Å². The van der Waals surface area contributed by atoms with Crippen LogP contribution in [0.5, 0.6) is 5.75 Å². The maximum absolute atomic E-state index is 11.3. The number of esters is 1. The fraction of sp³-hybridized carbons (Fsp3) is 0.308. The standard InChI is InChI=1S/C13H15NO3/c1-8(13(16)17-2)5-10-6-9-7-11(15)3-4-12(9)14-10/h3-4,6-8,14-15H,5H2,1-2H3. The summed E-state index contributed by atoms with van der Waals surface area (Å²) >= 11 is 0. The van der Waals surface area contributed by atoms with Crippen molar-refractivity contribution < 1.29 is 14.6 Å². The van der Waals surface area contributed by atoms with Crippen LogP contribution in [0.1, 0.15) is 12.6 Å². The van der Waals surface area contributed by atoms with Gasteiger partial charge in [0.1, 0.15) is 5.75 Å². The minimum Gasteiger partial charge on any atom is -0.508 e. The first-order valence-electron chi connectivity index (χ1n) is 5.48. The van der Waals surface area contributed by atoms with E-state index in [0.29, 0.717) is 6.42 Å². The van der Waals surface area contributed by atoms with Crippen molar-refractivity contribution in [1.29, 1.82) is 0 Å². The average Bonchev–Trinajstić information content (AvgIpc) is 2.69. The predicted octanol–water partition coefficient (Wildman–Crippen LogP) is 2.23. The van der Waals surface area contributed by atoms with Gasteiger partial charge in [-0.25, -0.2) is 0 Å². The number of hydrogen-bond donors (Lipinski definition) is 2. The SMILES string of the molecule is COC(=O)C(C)Cc1cc2cc(O)ccc2[nH]1. The Bertz CT molecular complexity index is 545. The zero-order valence-corrected chi connectivity index (χ0v) is 9.86. The van der Waals surface area contributed by atoms with E-state index < -0.39 is 0 Å². The smallest absolute Gasteiger partial charge is 0.308 e. The second-order valence-corrected chi connectivity index (χ2v) is 4.19. The summed E-state index contributed by atoms with van der Waals surface area (Å²) in [5.41, 5.74) is 1.92. The van der Waals surface area contributed by atoms with E-state index in [1.165, 1.54) is 7.11 Å². The maximum atomic E-state index is 11.3. The zero-order valence-electron chi connectivity index (χ0n) is 9.86. The van der Waals surface area contributed by atoms with E-state index in [0.717, 1.165) is 16.6 Å². The molecule has 0 aliphatic rings. The van der Waals surface area contributed by atoms with Gasteiger partial charge in [-0.3, -0.25) is 4.79 Å². The molecule has 0 aliphatic heterocycles. The van der Waals surface area contributed by atoms with E-state index in [-0.39, 0.29) is 17.6 Å². The molecular weight excluding hydrogens is 218 g/mol. The quantitative estimate of drug-likeness (QED) is 0.799. The summed E-state index contributed by atoms with van der Waals surface area (Å²) in [6, 6.07) is 7.08. The number of benzene rings is 1. The van der Waals surface area contributed by atoms with Crippen LogP contribution in [0.3, 0.4) is 0 Å². The topological polar surface area (TPSA) is 62.3 Å². The third-order valence-corrected chi connectivity index (χ3v) is 2.79. The average molecular weight is 233 g/mol. The number of carbonyl (C=O) groups is 1. The Morgan fingerprint density at radius 2 is 2.24 bits per heavy atom. The molecule has 0 amide bonds. The van der Waals surface area contributed by atoms with Crippen LogP contribution in [0, 0.1) is 5.92 Å². The van der Waals surface area contributed by atoms with Crippen molar-refractivity contribution in [3.8, 4) is 5.75 Å². The number of aromatic hydroxyl groups is 1. The van der Waals surface area contributed by atoms with Crippen LogP contribution in [-0.2, 0) is 16.0 Å². The van der Waals surface area contributed by atoms with E-state index >= 15 is 0 Å². The number of methoxy groups -OCH3 is 1. The summed E-state index contributed by atoms with van der Waals surface area (Å²) in [7, 11) is 1.39. The molecule has 0 radical (unpaired) electrons. The molecule has 0 saturated heterocycles. The van der Waals surface area contributed by atoms with Crippen LogP contribution in [0.15, 0.2) is 24.3 Å². The molecule has 17 heavy (non-hydrogen) atoms. The van der Waals surface area contributed by atoms with Crippen LogP contribution in [0.4, 0.5) is 0 Å². The van der Waals surface area contributed by atoms with E-state index in [4.69, 9.17) is 0 Å². The van der Waals surface area contributed by atoms with Crippen molar-refractivity contribution in [2.45, 2.75) is 13.3 Å². The molecule has 4 nitrogen and oxygen atoms in total. The second-order valence-electron chi connectivity index (χ2n) is 4.19. The minimum atomic E-state index is -0.216. The van der Waals surface area contributed by atoms with E-state index in [1.54, 1.807) is 12.1 Å². The fourth-order valence-electron chi connectivity index (χ4n) is 1.90. The number of phenolic OH excluding ortho intramolecular Hbond substituents is 1. The molecule has 2 N–H and O–H groups in total. The number of ether oxygens (including phenoxy) is 1. The number of H-pyrrole nitrogens is 1. The lowest BCUT2D eigenvalue weighted by Crippen LogP contribution is -2.15. The molecule has 0 saturated carbocycles. The Balaban J connectivity index is 2.22. The number of phenols is 1. The summed E-state index contributed by atoms with van der Waals surface area (Å²) in [5, 5.41) is 10.3. The highest BCUT2D eigenvalue weighted by Gasteiger charge is 2.14. The molecule has 1 aromatic carbocycles. The first kappa shape index (κ1) is 11.5. The highest BCUT2D eigenvalue weighted by molar-refractivity contribution is 5.82. The summed E-state index contributed by atoms with van der Waals surface area (Å²) in [6.07, 6.45) is 0.599. The molecule has 2 rings (SSSR count). The highest BCUT2D eigenvalue weighted by atomic mass is 16.5. The number of nitrogens with one attached hydrogen (secondary N) is 1. The number of hydrogen-bond acceptors (Lipinski definition) is 3. The normalized spacial score (nSPS) is 12.6. The van der Waals surface area contributed by atoms with Gasteiger partial charge in [0.05, 0.1) is 13.0 Å². The molecule has 4 heteroatoms. The van der Waals surface area contributed by atoms with Gasteiger partial charge in [-0.05, 0) is 24.3 Å². The second kappa shape index (κ2) is 4.49. The van der Waals surface area contributed by atoms with Crippen LogP contribution in [0.2, 0.25) is 0 Å². The maximum Gasteiger partial charge on any atom is 0.308 e. The number of carbonyl (C=O) groups excluding carboxylic acids is 1. The van der Waals surface area contributed by atoms with Crippen molar-refractivity contribution in [3.63, 3.8) is 0 Å². The third-order valence-electron chi connectivity index (χ3n) is 2.79. The molecule has 0 bridgehead atoms. The lowest BCUT2D eigenvalue weighted by Gasteiger charge is -2.06. The van der Waals surface area contributed by atoms with Crippen LogP contribution < -0.4 is 0 Å². The molecule has 1 unspecified atom stereocenters. The van der Waals surface area contributed by atoms with Gasteiger partial charge in [-0.1, -0.05) is 6.92 Å². The Kier molecular flexibility index (Phi) is 3.04. The van der Waals surface area contributed by atoms with Crippen molar-refractivity contribution in [1.82, 2.24) is 4.98 Å². The van der Waals surface area contributed by atoms with E-state index in [1.807, 2.05) is 19.1 Å². The molecule has 1 atom stereocenters. The van der Waals surface area contributed by atoms with Crippen molar-refractivity contribution >= 4 is 16.9 Å². The third kappa shape index (κ3) is 2.41. The molecule has 1 aromatic heterocycles. The van der Waals surface area contributed by atoms with Gasteiger partial charge in [0.2, 0.25) is 0 Å². The summed E-state index contributed by atoms with van der Waals surface area (Å²) < 4.78 is 4.68. The monoisotopic (exact) mass is 233 g/mol. The summed E-state index contributed by atoms with van der Waals surface area (Å²) in [5.74, 6) is -0.155. The van der Waals surface area contributed by atoms with Gasteiger partial charge in [-0.2, -0.15) is 0 Å². The van der Waals surface area contributed by atoms with Gasteiger partial charge >= 0.3 is 5.97 Å². The molecule has 2 aromatic rings. The first-order valence-corrected chi connectivity index (χ1v) is 5.48. The fourth-order valence-corrected chi connectivity index (χ4v) is 1.90. The molecule has 90 valence electrons. The van der Waals surface area contributed by atoms with Crippen LogP contribution in [-0.4, -0.2) is 23.2 Å². The van der Waals surface area contributed by atoms with Crippen molar-refractivity contribution in [2.24, 2.45) is 5.92 Å². The lowest BCUT2D eigenvalue weighted by molar-refractivity contribution is -0.144. The highest BCUT2D eigenvalue weighted by Crippen LogP contribution is 2.22. The van der Waals surface area contributed by atoms with Gasteiger partial charge in [0.25, 0.3) is 0 Å². The summed E-state index contributed by atoms with van der Waals surface area (Å²) in [6.45, 7) is 1.83. The lowest BCUT2D eigenvalue weighted by atomic mass is 10.1. The molecule has 0 spiro atoms. The van der Waals surface area contributed by atoms with Crippen LogP contribution in [0.25, 0.3) is 10.9 Å². The number of fused-ring (bicyclic) bond motifs is 1. The first-order chi connectivity index (χ1) is 8.10. The summed E-state index contributed by atoms with van der Waals surface area (Å²) in [4.78, 5) is 14.5. The number of aromatic nitrogens is 1. The Morgan fingerprint density at radius 1 is 1.47 bits per heavy atom. The molecule has 0 aliphatic carbocycles. The molecule has 0 fully saturated rings. The largest absolute Gasteiger partial charge is 0.508 e. The molecular formula is C13H15NO3.